The average molecular weight is 236 g/mol. The van der Waals surface area contributed by atoms with E-state index in [2.05, 4.69) is 24.0 Å². The molecule has 1 aromatic rings. The fourth-order valence-corrected chi connectivity index (χ4v) is 3.76. The topological polar surface area (TPSA) is 38.9 Å². The van der Waals surface area contributed by atoms with Gasteiger partial charge in [0.2, 0.25) is 0 Å². The van der Waals surface area contributed by atoms with E-state index in [9.17, 15) is 0 Å². The summed E-state index contributed by atoms with van der Waals surface area (Å²) in [7, 11) is 0. The van der Waals surface area contributed by atoms with Crippen LogP contribution in [-0.2, 0) is 6.54 Å². The van der Waals surface area contributed by atoms with Crippen LogP contribution in [0.3, 0.4) is 0 Å². The molecule has 1 fully saturated rings. The molecule has 2 atom stereocenters. The third-order valence-electron chi connectivity index (χ3n) is 3.19. The van der Waals surface area contributed by atoms with Crippen molar-refractivity contribution >= 4 is 11.8 Å². The van der Waals surface area contributed by atoms with E-state index >= 15 is 0 Å². The third-order valence-corrected chi connectivity index (χ3v) is 4.48. The van der Waals surface area contributed by atoms with Gasteiger partial charge in [-0.15, -0.1) is 11.8 Å². The zero-order valence-corrected chi connectivity index (χ0v) is 10.7. The van der Waals surface area contributed by atoms with E-state index in [0.29, 0.717) is 6.54 Å². The molecule has 1 aliphatic rings. The normalized spacial score (nSPS) is 25.6. The van der Waals surface area contributed by atoms with Gasteiger partial charge in [-0.25, -0.2) is 0 Å². The van der Waals surface area contributed by atoms with Gasteiger partial charge in [0.1, 0.15) is 0 Å². The Hall–Kier alpha value is -0.540. The highest BCUT2D eigenvalue weighted by molar-refractivity contribution is 8.00. The van der Waals surface area contributed by atoms with Crippen LogP contribution in [0.2, 0.25) is 0 Å². The number of nitrogens with two attached hydrogens (primary N) is 1. The second-order valence-electron chi connectivity index (χ2n) is 4.70. The first-order valence-electron chi connectivity index (χ1n) is 6.09. The smallest absolute Gasteiger partial charge is 0.0550 e. The van der Waals surface area contributed by atoms with E-state index < -0.39 is 0 Å². The average Bonchev–Trinajstić information content (AvgIpc) is 2.29. The number of thioether (sulfide) groups is 1. The molecule has 88 valence electrons. The molecule has 3 heteroatoms. The second-order valence-corrected chi connectivity index (χ2v) is 6.07. The minimum absolute atomic E-state index is 0.537. The van der Waals surface area contributed by atoms with Gasteiger partial charge in [-0.05, 0) is 30.9 Å². The van der Waals surface area contributed by atoms with Gasteiger partial charge in [0, 0.05) is 22.9 Å². The summed E-state index contributed by atoms with van der Waals surface area (Å²) >= 11 is 2.00. The minimum atomic E-state index is 0.537. The number of hydrogen-bond acceptors (Lipinski definition) is 3. The maximum Gasteiger partial charge on any atom is 0.0550 e. The van der Waals surface area contributed by atoms with Gasteiger partial charge in [0.15, 0.2) is 0 Å². The highest BCUT2D eigenvalue weighted by Crippen LogP contribution is 2.35. The highest BCUT2D eigenvalue weighted by atomic mass is 32.2. The number of aromatic nitrogens is 1. The molecule has 2 nitrogen and oxygen atoms in total. The largest absolute Gasteiger partial charge is 0.325 e. The molecule has 1 aliphatic carbocycles. The van der Waals surface area contributed by atoms with Gasteiger partial charge >= 0.3 is 0 Å². The van der Waals surface area contributed by atoms with E-state index in [0.717, 1.165) is 16.9 Å². The van der Waals surface area contributed by atoms with Crippen LogP contribution in [0.1, 0.15) is 38.3 Å². The van der Waals surface area contributed by atoms with Gasteiger partial charge in [-0.1, -0.05) is 19.8 Å². The van der Waals surface area contributed by atoms with Crippen molar-refractivity contribution in [1.29, 1.82) is 0 Å². The van der Waals surface area contributed by atoms with Crippen LogP contribution in [-0.4, -0.2) is 10.2 Å². The van der Waals surface area contributed by atoms with Gasteiger partial charge in [0.05, 0.1) is 5.69 Å². The van der Waals surface area contributed by atoms with Crippen molar-refractivity contribution in [2.75, 3.05) is 0 Å². The molecule has 2 rings (SSSR count). The van der Waals surface area contributed by atoms with Crippen LogP contribution in [0.15, 0.2) is 23.2 Å². The number of rotatable bonds is 3. The SMILES string of the molecule is CC1CCCC(Sc2ccnc(CN)c2)C1. The molecule has 1 saturated carbocycles. The summed E-state index contributed by atoms with van der Waals surface area (Å²) in [4.78, 5) is 5.56. The van der Waals surface area contributed by atoms with Crippen molar-refractivity contribution in [3.05, 3.63) is 24.0 Å². The molecule has 0 spiro atoms. The first-order valence-corrected chi connectivity index (χ1v) is 6.97. The maximum absolute atomic E-state index is 5.60. The maximum atomic E-state index is 5.60. The zero-order valence-electron chi connectivity index (χ0n) is 9.86. The van der Waals surface area contributed by atoms with Crippen molar-refractivity contribution < 1.29 is 0 Å². The lowest BCUT2D eigenvalue weighted by Gasteiger charge is -2.26. The number of pyridine rings is 1. The van der Waals surface area contributed by atoms with E-state index in [4.69, 9.17) is 5.73 Å². The van der Waals surface area contributed by atoms with Crippen LogP contribution >= 0.6 is 11.8 Å². The molecule has 0 aromatic carbocycles. The lowest BCUT2D eigenvalue weighted by Crippen LogP contribution is -2.14. The first-order chi connectivity index (χ1) is 7.78. The molecular formula is C13H20N2S. The molecule has 0 bridgehead atoms. The Kier molecular flexibility index (Phi) is 4.24. The van der Waals surface area contributed by atoms with Crippen molar-refractivity contribution in [3.8, 4) is 0 Å². The van der Waals surface area contributed by atoms with E-state index in [1.165, 1.54) is 30.6 Å². The monoisotopic (exact) mass is 236 g/mol. The molecule has 2 N–H and O–H groups in total. The van der Waals surface area contributed by atoms with Crippen LogP contribution in [0, 0.1) is 5.92 Å². The zero-order chi connectivity index (χ0) is 11.4. The Morgan fingerprint density at radius 1 is 1.50 bits per heavy atom. The molecule has 0 amide bonds. The number of hydrogen-bond donors (Lipinski definition) is 1. The molecule has 16 heavy (non-hydrogen) atoms. The summed E-state index contributed by atoms with van der Waals surface area (Å²) in [6.07, 6.45) is 7.37. The highest BCUT2D eigenvalue weighted by Gasteiger charge is 2.19. The quantitative estimate of drug-likeness (QED) is 0.876. The van der Waals surface area contributed by atoms with Gasteiger partial charge < -0.3 is 5.73 Å². The van der Waals surface area contributed by atoms with Crippen LogP contribution in [0.5, 0.6) is 0 Å². The summed E-state index contributed by atoms with van der Waals surface area (Å²) < 4.78 is 0. The number of nitrogens with zero attached hydrogens (tertiary/aromatic N) is 1. The van der Waals surface area contributed by atoms with Crippen LogP contribution < -0.4 is 5.73 Å². The Labute approximate surface area is 102 Å². The van der Waals surface area contributed by atoms with Crippen molar-refractivity contribution in [3.63, 3.8) is 0 Å². The van der Waals surface area contributed by atoms with Crippen LogP contribution in [0.4, 0.5) is 0 Å². The molecule has 1 heterocycles. The molecule has 0 saturated heterocycles. The molecular weight excluding hydrogens is 216 g/mol. The van der Waals surface area contributed by atoms with Crippen LogP contribution in [0.25, 0.3) is 0 Å². The van der Waals surface area contributed by atoms with Gasteiger partial charge in [0.25, 0.3) is 0 Å². The Balaban J connectivity index is 1.97. The molecule has 0 aliphatic heterocycles. The lowest BCUT2D eigenvalue weighted by atomic mass is 9.91. The Morgan fingerprint density at radius 3 is 3.12 bits per heavy atom. The molecule has 0 radical (unpaired) electrons. The summed E-state index contributed by atoms with van der Waals surface area (Å²) in [5, 5.41) is 0.789. The summed E-state index contributed by atoms with van der Waals surface area (Å²) in [6.45, 7) is 2.90. The molecule has 1 aromatic heterocycles. The fourth-order valence-electron chi connectivity index (χ4n) is 2.32. The van der Waals surface area contributed by atoms with Gasteiger partial charge in [-0.3, -0.25) is 4.98 Å². The summed E-state index contributed by atoms with van der Waals surface area (Å²) in [5.41, 5.74) is 6.60. The fraction of sp³-hybridized carbons (Fsp3) is 0.615. The van der Waals surface area contributed by atoms with E-state index in [1.807, 2.05) is 18.0 Å². The predicted molar refractivity (Wildman–Crippen MR) is 69.4 cm³/mol. The summed E-state index contributed by atoms with van der Waals surface area (Å²) in [6, 6.07) is 4.23. The lowest BCUT2D eigenvalue weighted by molar-refractivity contribution is 0.394. The van der Waals surface area contributed by atoms with Crippen molar-refractivity contribution in [2.24, 2.45) is 11.7 Å². The van der Waals surface area contributed by atoms with Crippen molar-refractivity contribution in [2.45, 2.75) is 49.3 Å². The van der Waals surface area contributed by atoms with Gasteiger partial charge in [-0.2, -0.15) is 0 Å². The second kappa shape index (κ2) is 5.69. The minimum Gasteiger partial charge on any atom is -0.325 e. The Morgan fingerprint density at radius 2 is 2.38 bits per heavy atom. The third kappa shape index (κ3) is 3.22. The summed E-state index contributed by atoms with van der Waals surface area (Å²) in [5.74, 6) is 0.891. The molecule has 2 unspecified atom stereocenters. The first kappa shape index (κ1) is 11.9. The van der Waals surface area contributed by atoms with Crippen molar-refractivity contribution in [1.82, 2.24) is 4.98 Å². The predicted octanol–water partition coefficient (Wildman–Crippen LogP) is 3.21. The standard InChI is InChI=1S/C13H20N2S/c1-10-3-2-4-12(7-10)16-13-5-6-15-11(8-13)9-14/h5-6,8,10,12H,2-4,7,9,14H2,1H3. The van der Waals surface area contributed by atoms with E-state index in [1.54, 1.807) is 0 Å². The van der Waals surface area contributed by atoms with E-state index in [-0.39, 0.29) is 0 Å². The Bertz CT molecular complexity index is 340.